The van der Waals surface area contributed by atoms with Crippen molar-refractivity contribution in [3.05, 3.63) is 69.9 Å². The van der Waals surface area contributed by atoms with Gasteiger partial charge in [-0.15, -0.1) is 10.2 Å². The van der Waals surface area contributed by atoms with Crippen molar-refractivity contribution in [1.82, 2.24) is 10.2 Å². The van der Waals surface area contributed by atoms with Gasteiger partial charge in [-0.05, 0) is 48.0 Å². The first-order chi connectivity index (χ1) is 12.5. The molecule has 0 bridgehead atoms. The molecule has 5 nitrogen and oxygen atoms in total. The van der Waals surface area contributed by atoms with Crippen LogP contribution < -0.4 is 10.1 Å². The van der Waals surface area contributed by atoms with Gasteiger partial charge in [0.2, 0.25) is 5.01 Å². The maximum Gasteiger partial charge on any atom is 0.286 e. The quantitative estimate of drug-likeness (QED) is 0.688. The van der Waals surface area contributed by atoms with E-state index in [0.717, 1.165) is 16.9 Å². The normalized spacial score (nSPS) is 11.3. The van der Waals surface area contributed by atoms with E-state index < -0.39 is 5.91 Å². The number of hydrogen-bond donors (Lipinski definition) is 1. The van der Waals surface area contributed by atoms with E-state index in [2.05, 4.69) is 15.5 Å². The SMILES string of the molecule is COc1cccc(/C=C(\Cl)c2nnc(C(=O)Nc3ccc(F)cc3)s2)c1. The predicted octanol–water partition coefficient (Wildman–Crippen LogP) is 4.68. The maximum atomic E-state index is 12.9. The summed E-state index contributed by atoms with van der Waals surface area (Å²) in [6.45, 7) is 0. The Labute approximate surface area is 158 Å². The van der Waals surface area contributed by atoms with Crippen LogP contribution in [0.25, 0.3) is 11.1 Å². The van der Waals surface area contributed by atoms with Gasteiger partial charge in [0.1, 0.15) is 11.6 Å². The summed E-state index contributed by atoms with van der Waals surface area (Å²) in [4.78, 5) is 12.2. The molecule has 132 valence electrons. The molecule has 1 heterocycles. The van der Waals surface area contributed by atoms with Gasteiger partial charge in [-0.1, -0.05) is 35.1 Å². The zero-order valence-corrected chi connectivity index (χ0v) is 15.1. The summed E-state index contributed by atoms with van der Waals surface area (Å²) in [5.41, 5.74) is 1.30. The molecule has 1 aromatic heterocycles. The number of carbonyl (C=O) groups is 1. The van der Waals surface area contributed by atoms with Gasteiger partial charge >= 0.3 is 0 Å². The van der Waals surface area contributed by atoms with Crippen molar-refractivity contribution in [2.45, 2.75) is 0 Å². The summed E-state index contributed by atoms with van der Waals surface area (Å²) < 4.78 is 18.1. The number of amides is 1. The van der Waals surface area contributed by atoms with E-state index >= 15 is 0 Å². The number of anilines is 1. The Bertz CT molecular complexity index is 957. The van der Waals surface area contributed by atoms with Crippen LogP contribution in [0.4, 0.5) is 10.1 Å². The molecule has 2 aromatic carbocycles. The third kappa shape index (κ3) is 4.44. The molecular weight excluding hydrogens is 377 g/mol. The van der Waals surface area contributed by atoms with Gasteiger partial charge in [0, 0.05) is 5.69 Å². The van der Waals surface area contributed by atoms with E-state index in [1.165, 1.54) is 24.3 Å². The van der Waals surface area contributed by atoms with Crippen LogP contribution in [0.3, 0.4) is 0 Å². The third-order valence-electron chi connectivity index (χ3n) is 3.31. The standard InChI is InChI=1S/C18H13ClFN3O2S/c1-25-14-4-2-3-11(9-14)10-15(19)17-22-23-18(26-17)16(24)21-13-7-5-12(20)6-8-13/h2-10H,1H3,(H,21,24)/b15-10-. The molecule has 0 atom stereocenters. The van der Waals surface area contributed by atoms with E-state index in [1.54, 1.807) is 13.2 Å². The lowest BCUT2D eigenvalue weighted by atomic mass is 10.2. The lowest BCUT2D eigenvalue weighted by Gasteiger charge is -2.01. The smallest absolute Gasteiger partial charge is 0.286 e. The molecule has 0 fully saturated rings. The Hall–Kier alpha value is -2.77. The van der Waals surface area contributed by atoms with Crippen molar-refractivity contribution in [3.63, 3.8) is 0 Å². The summed E-state index contributed by atoms with van der Waals surface area (Å²) in [5, 5.41) is 11.4. The number of hydrogen-bond acceptors (Lipinski definition) is 5. The molecule has 0 radical (unpaired) electrons. The molecule has 1 N–H and O–H groups in total. The first-order valence-corrected chi connectivity index (χ1v) is 8.66. The summed E-state index contributed by atoms with van der Waals surface area (Å²) in [6, 6.07) is 12.8. The number of benzene rings is 2. The molecule has 0 spiro atoms. The van der Waals surface area contributed by atoms with Gasteiger partial charge in [-0.3, -0.25) is 4.79 Å². The van der Waals surface area contributed by atoms with Crippen molar-refractivity contribution in [1.29, 1.82) is 0 Å². The lowest BCUT2D eigenvalue weighted by Crippen LogP contribution is -2.11. The minimum Gasteiger partial charge on any atom is -0.497 e. The molecule has 8 heteroatoms. The van der Waals surface area contributed by atoms with Gasteiger partial charge in [0.15, 0.2) is 5.01 Å². The molecule has 3 aromatic rings. The fraction of sp³-hybridized carbons (Fsp3) is 0.0556. The largest absolute Gasteiger partial charge is 0.497 e. The highest BCUT2D eigenvalue weighted by atomic mass is 35.5. The lowest BCUT2D eigenvalue weighted by molar-refractivity contribution is 0.102. The van der Waals surface area contributed by atoms with Gasteiger partial charge in [0.25, 0.3) is 5.91 Å². The summed E-state index contributed by atoms with van der Waals surface area (Å²) >= 11 is 7.35. The summed E-state index contributed by atoms with van der Waals surface area (Å²) in [6.07, 6.45) is 1.71. The Morgan fingerprint density at radius 3 is 2.65 bits per heavy atom. The Morgan fingerprint density at radius 2 is 1.92 bits per heavy atom. The average Bonchev–Trinajstić information content (AvgIpc) is 3.14. The number of aromatic nitrogens is 2. The van der Waals surface area contributed by atoms with Crippen LogP contribution >= 0.6 is 22.9 Å². The highest BCUT2D eigenvalue weighted by molar-refractivity contribution is 7.15. The highest BCUT2D eigenvalue weighted by Crippen LogP contribution is 2.26. The van der Waals surface area contributed by atoms with E-state index in [0.29, 0.717) is 21.5 Å². The van der Waals surface area contributed by atoms with Crippen molar-refractivity contribution in [3.8, 4) is 5.75 Å². The van der Waals surface area contributed by atoms with Gasteiger partial charge < -0.3 is 10.1 Å². The van der Waals surface area contributed by atoms with E-state index in [9.17, 15) is 9.18 Å². The Balaban J connectivity index is 1.74. The number of nitrogens with one attached hydrogen (secondary N) is 1. The van der Waals surface area contributed by atoms with Crippen molar-refractivity contribution >= 4 is 45.6 Å². The van der Waals surface area contributed by atoms with Crippen LogP contribution in [0.2, 0.25) is 0 Å². The number of methoxy groups -OCH3 is 1. The highest BCUT2D eigenvalue weighted by Gasteiger charge is 2.15. The van der Waals surface area contributed by atoms with Crippen molar-refractivity contribution in [2.75, 3.05) is 12.4 Å². The Kier molecular flexibility index (Phi) is 5.60. The molecule has 0 unspecified atom stereocenters. The van der Waals surface area contributed by atoms with Crippen LogP contribution in [0.1, 0.15) is 20.4 Å². The first-order valence-electron chi connectivity index (χ1n) is 7.47. The molecular formula is C18H13ClFN3O2S. The van der Waals surface area contributed by atoms with E-state index in [1.807, 2.05) is 24.3 Å². The minimum atomic E-state index is -0.439. The number of carbonyl (C=O) groups excluding carboxylic acids is 1. The molecule has 1 amide bonds. The Morgan fingerprint density at radius 1 is 1.19 bits per heavy atom. The predicted molar refractivity (Wildman–Crippen MR) is 101 cm³/mol. The van der Waals surface area contributed by atoms with Crippen LogP contribution in [0, 0.1) is 5.82 Å². The van der Waals surface area contributed by atoms with Crippen LogP contribution in [0.5, 0.6) is 5.75 Å². The second kappa shape index (κ2) is 8.07. The average molecular weight is 390 g/mol. The molecule has 0 saturated heterocycles. The van der Waals surface area contributed by atoms with Crippen molar-refractivity contribution < 1.29 is 13.9 Å². The van der Waals surface area contributed by atoms with Crippen LogP contribution in [-0.4, -0.2) is 23.2 Å². The molecule has 0 aliphatic heterocycles. The molecule has 0 aliphatic rings. The molecule has 0 saturated carbocycles. The molecule has 3 rings (SSSR count). The number of rotatable bonds is 5. The molecule has 26 heavy (non-hydrogen) atoms. The zero-order chi connectivity index (χ0) is 18.5. The second-order valence-corrected chi connectivity index (χ2v) is 6.53. The summed E-state index contributed by atoms with van der Waals surface area (Å²) in [5.74, 6) is -0.110. The topological polar surface area (TPSA) is 64.1 Å². The van der Waals surface area contributed by atoms with Crippen molar-refractivity contribution in [2.24, 2.45) is 0 Å². The van der Waals surface area contributed by atoms with Crippen LogP contribution in [0.15, 0.2) is 48.5 Å². The number of halogens is 2. The number of nitrogens with zero attached hydrogens (tertiary/aromatic N) is 2. The first kappa shape index (κ1) is 18.0. The second-order valence-electron chi connectivity index (χ2n) is 5.14. The zero-order valence-electron chi connectivity index (χ0n) is 13.6. The van der Waals surface area contributed by atoms with Crippen LogP contribution in [-0.2, 0) is 0 Å². The third-order valence-corrected chi connectivity index (χ3v) is 4.67. The number of ether oxygens (including phenoxy) is 1. The van der Waals surface area contributed by atoms with Gasteiger partial charge in [-0.25, -0.2) is 4.39 Å². The van der Waals surface area contributed by atoms with E-state index in [4.69, 9.17) is 16.3 Å². The minimum absolute atomic E-state index is 0.154. The fourth-order valence-corrected chi connectivity index (χ4v) is 2.99. The monoisotopic (exact) mass is 389 g/mol. The molecule has 0 aliphatic carbocycles. The van der Waals surface area contributed by atoms with Gasteiger partial charge in [-0.2, -0.15) is 0 Å². The fourth-order valence-electron chi connectivity index (χ4n) is 2.07. The summed E-state index contributed by atoms with van der Waals surface area (Å²) in [7, 11) is 1.58. The van der Waals surface area contributed by atoms with Gasteiger partial charge in [0.05, 0.1) is 12.1 Å². The maximum absolute atomic E-state index is 12.9. The van der Waals surface area contributed by atoms with E-state index in [-0.39, 0.29) is 10.8 Å².